The third-order valence-corrected chi connectivity index (χ3v) is 5.03. The Bertz CT molecular complexity index is 764. The van der Waals surface area contributed by atoms with Crippen molar-refractivity contribution in [3.05, 3.63) is 17.7 Å². The van der Waals surface area contributed by atoms with Gasteiger partial charge in [0.25, 0.3) is 0 Å². The molecule has 0 aromatic heterocycles. The zero-order valence-electron chi connectivity index (χ0n) is 15.3. The molecule has 0 saturated carbocycles. The number of hydrogen-bond donors (Lipinski definition) is 1. The fraction of sp³-hybridized carbons (Fsp3) is 0.556. The van der Waals surface area contributed by atoms with Gasteiger partial charge in [-0.1, -0.05) is 0 Å². The van der Waals surface area contributed by atoms with Crippen LogP contribution in [-0.4, -0.2) is 50.0 Å². The number of ether oxygens (including phenoxy) is 3. The molecule has 3 aliphatic heterocycles. The van der Waals surface area contributed by atoms with Crippen LogP contribution in [0, 0.1) is 11.8 Å². The van der Waals surface area contributed by atoms with Gasteiger partial charge in [0, 0.05) is 30.7 Å². The van der Waals surface area contributed by atoms with Crippen molar-refractivity contribution >= 4 is 19.0 Å². The Morgan fingerprint density at radius 3 is 2.88 bits per heavy atom. The molecule has 0 aliphatic carbocycles. The maximum absolute atomic E-state index is 9.63. The summed E-state index contributed by atoms with van der Waals surface area (Å²) in [5, 5.41) is 18.2. The summed E-state index contributed by atoms with van der Waals surface area (Å²) in [6.07, 6.45) is 3.19. The third-order valence-electron chi connectivity index (χ3n) is 5.03. The molecule has 0 radical (unpaired) electrons. The van der Waals surface area contributed by atoms with E-state index in [1.807, 2.05) is 32.2 Å². The average molecular weight is 358 g/mol. The van der Waals surface area contributed by atoms with Crippen LogP contribution in [0.25, 0.3) is 0 Å². The minimum absolute atomic E-state index is 0.179. The molecule has 2 atom stereocenters. The monoisotopic (exact) mass is 358 g/mol. The van der Waals surface area contributed by atoms with Crippen LogP contribution < -0.4 is 14.2 Å². The molecule has 26 heavy (non-hydrogen) atoms. The van der Waals surface area contributed by atoms with Crippen molar-refractivity contribution < 1.29 is 23.9 Å². The Balaban J connectivity index is 1.64. The summed E-state index contributed by atoms with van der Waals surface area (Å²) in [6, 6.07) is 3.81. The van der Waals surface area contributed by atoms with E-state index in [1.165, 1.54) is 0 Å². The predicted molar refractivity (Wildman–Crippen MR) is 98.6 cm³/mol. The van der Waals surface area contributed by atoms with Crippen LogP contribution in [0.3, 0.4) is 0 Å². The first-order valence-electron chi connectivity index (χ1n) is 8.90. The second kappa shape index (κ2) is 6.59. The number of benzene rings is 1. The largest absolute Gasteiger partial charge is 0.493 e. The van der Waals surface area contributed by atoms with Crippen LogP contribution in [0.15, 0.2) is 22.3 Å². The lowest BCUT2D eigenvalue weighted by atomic mass is 9.75. The molecule has 0 amide bonds. The Labute approximate surface area is 153 Å². The van der Waals surface area contributed by atoms with Gasteiger partial charge >= 0.3 is 7.12 Å². The molecular formula is C18H23BN2O5. The third kappa shape index (κ3) is 3.19. The van der Waals surface area contributed by atoms with Gasteiger partial charge in [0.2, 0.25) is 5.75 Å². The van der Waals surface area contributed by atoms with E-state index in [-0.39, 0.29) is 11.8 Å². The molecule has 7 nitrogen and oxygen atoms in total. The molecule has 1 aromatic rings. The molecule has 4 rings (SSSR count). The highest BCUT2D eigenvalue weighted by Crippen LogP contribution is 2.46. The van der Waals surface area contributed by atoms with Crippen LogP contribution in [0.1, 0.15) is 25.8 Å². The molecule has 1 aromatic carbocycles. The zero-order chi connectivity index (χ0) is 18.3. The first kappa shape index (κ1) is 17.4. The standard InChI is InChI=1S/C18H23BN2O5/c1-18(2)10-24-16-13(4-5-15(23-3)17(16)26-18)14-6-11(8-20-21-14)12-7-19(22)25-9-12/h4-5,8,11-12,22H,6-7,9-10H2,1-3H3/t11?,12-/m0/s1. The van der Waals surface area contributed by atoms with Gasteiger partial charge in [-0.15, -0.1) is 0 Å². The van der Waals surface area contributed by atoms with Gasteiger partial charge in [-0.05, 0) is 38.2 Å². The summed E-state index contributed by atoms with van der Waals surface area (Å²) in [5.41, 5.74) is 1.30. The van der Waals surface area contributed by atoms with Crippen LogP contribution in [0.2, 0.25) is 6.32 Å². The highest BCUT2D eigenvalue weighted by Gasteiger charge is 2.37. The summed E-state index contributed by atoms with van der Waals surface area (Å²) < 4.78 is 22.9. The van der Waals surface area contributed by atoms with Gasteiger partial charge in [-0.25, -0.2) is 0 Å². The van der Waals surface area contributed by atoms with Crippen molar-refractivity contribution in [2.75, 3.05) is 20.3 Å². The summed E-state index contributed by atoms with van der Waals surface area (Å²) in [7, 11) is 0.938. The lowest BCUT2D eigenvalue weighted by Crippen LogP contribution is -2.39. The SMILES string of the molecule is COc1ccc(C2=NN=CC([C@@H]3COB(O)C3)C2)c2c1OC(C)(C)CO2. The first-order valence-corrected chi connectivity index (χ1v) is 8.90. The first-order chi connectivity index (χ1) is 12.5. The highest BCUT2D eigenvalue weighted by atomic mass is 16.6. The number of fused-ring (bicyclic) bond motifs is 1. The Morgan fingerprint density at radius 2 is 2.15 bits per heavy atom. The molecule has 3 aliphatic rings. The molecule has 1 saturated heterocycles. The normalized spacial score (nSPS) is 26.6. The summed E-state index contributed by atoms with van der Waals surface area (Å²) in [6.45, 7) is 4.94. The van der Waals surface area contributed by atoms with Crippen LogP contribution >= 0.6 is 0 Å². The Hall–Kier alpha value is -2.06. The van der Waals surface area contributed by atoms with Gasteiger partial charge in [0.1, 0.15) is 12.2 Å². The molecule has 0 bridgehead atoms. The molecule has 1 N–H and O–H groups in total. The van der Waals surface area contributed by atoms with Crippen molar-refractivity contribution in [3.8, 4) is 17.2 Å². The van der Waals surface area contributed by atoms with E-state index in [1.54, 1.807) is 7.11 Å². The Kier molecular flexibility index (Phi) is 4.40. The van der Waals surface area contributed by atoms with Crippen molar-refractivity contribution in [1.29, 1.82) is 0 Å². The molecular weight excluding hydrogens is 335 g/mol. The number of methoxy groups -OCH3 is 1. The van der Waals surface area contributed by atoms with E-state index in [4.69, 9.17) is 18.9 Å². The van der Waals surface area contributed by atoms with Gasteiger partial charge < -0.3 is 23.9 Å². The molecule has 8 heteroatoms. The fourth-order valence-corrected chi connectivity index (χ4v) is 3.61. The number of hydrogen-bond acceptors (Lipinski definition) is 7. The lowest BCUT2D eigenvalue weighted by Gasteiger charge is -2.34. The van der Waals surface area contributed by atoms with E-state index in [9.17, 15) is 5.02 Å². The molecule has 0 spiro atoms. The lowest BCUT2D eigenvalue weighted by molar-refractivity contribution is 0.0184. The molecule has 3 heterocycles. The fourth-order valence-electron chi connectivity index (χ4n) is 3.61. The topological polar surface area (TPSA) is 81.9 Å². The van der Waals surface area contributed by atoms with E-state index in [0.29, 0.717) is 36.8 Å². The minimum atomic E-state index is -0.677. The number of nitrogens with zero attached hydrogens (tertiary/aromatic N) is 2. The van der Waals surface area contributed by atoms with E-state index in [2.05, 4.69) is 10.2 Å². The predicted octanol–water partition coefficient (Wildman–Crippen LogP) is 2.17. The molecule has 1 unspecified atom stereocenters. The van der Waals surface area contributed by atoms with E-state index < -0.39 is 12.7 Å². The van der Waals surface area contributed by atoms with E-state index >= 15 is 0 Å². The molecule has 138 valence electrons. The number of rotatable bonds is 3. The average Bonchev–Trinajstić information content (AvgIpc) is 3.06. The Morgan fingerprint density at radius 1 is 1.31 bits per heavy atom. The highest BCUT2D eigenvalue weighted by molar-refractivity contribution is 6.43. The zero-order valence-corrected chi connectivity index (χ0v) is 15.3. The van der Waals surface area contributed by atoms with Crippen LogP contribution in [0.4, 0.5) is 0 Å². The van der Waals surface area contributed by atoms with Crippen molar-refractivity contribution in [1.82, 2.24) is 0 Å². The van der Waals surface area contributed by atoms with Crippen LogP contribution in [0.5, 0.6) is 17.2 Å². The van der Waals surface area contributed by atoms with Gasteiger partial charge in [-0.3, -0.25) is 0 Å². The minimum Gasteiger partial charge on any atom is -0.493 e. The van der Waals surface area contributed by atoms with Crippen molar-refractivity contribution in [2.45, 2.75) is 32.2 Å². The quantitative estimate of drug-likeness (QED) is 0.838. The van der Waals surface area contributed by atoms with Gasteiger partial charge in [0.15, 0.2) is 11.5 Å². The van der Waals surface area contributed by atoms with E-state index in [0.717, 1.165) is 17.7 Å². The van der Waals surface area contributed by atoms with Crippen LogP contribution in [-0.2, 0) is 4.65 Å². The maximum atomic E-state index is 9.63. The summed E-state index contributed by atoms with van der Waals surface area (Å²) >= 11 is 0. The summed E-state index contributed by atoms with van der Waals surface area (Å²) in [4.78, 5) is 0. The van der Waals surface area contributed by atoms with Crippen molar-refractivity contribution in [3.63, 3.8) is 0 Å². The van der Waals surface area contributed by atoms with Gasteiger partial charge in [0.05, 0.1) is 12.8 Å². The van der Waals surface area contributed by atoms with Crippen molar-refractivity contribution in [2.24, 2.45) is 22.0 Å². The maximum Gasteiger partial charge on any atom is 0.454 e. The summed E-state index contributed by atoms with van der Waals surface area (Å²) in [5.74, 6) is 2.32. The van der Waals surface area contributed by atoms with Gasteiger partial charge in [-0.2, -0.15) is 10.2 Å². The smallest absolute Gasteiger partial charge is 0.454 e. The second-order valence-corrected chi connectivity index (χ2v) is 7.59. The second-order valence-electron chi connectivity index (χ2n) is 7.59. The molecule has 1 fully saturated rings.